The van der Waals surface area contributed by atoms with Crippen LogP contribution in [0.3, 0.4) is 0 Å². The zero-order valence-electron chi connectivity index (χ0n) is 4.07. The van der Waals surface area contributed by atoms with Crippen molar-refractivity contribution in [3.8, 4) is 0 Å². The van der Waals surface area contributed by atoms with Gasteiger partial charge in [0.1, 0.15) is 0 Å². The van der Waals surface area contributed by atoms with E-state index in [0.717, 1.165) is 12.8 Å². The van der Waals surface area contributed by atoms with Crippen molar-refractivity contribution in [1.82, 2.24) is 0 Å². The van der Waals surface area contributed by atoms with Gasteiger partial charge in [0.15, 0.2) is 0 Å². The Labute approximate surface area is 57.5 Å². The number of hydrogen-bond donors (Lipinski definition) is 1. The average Bonchev–Trinajstić information content (AvgIpc) is 1.41. The van der Waals surface area contributed by atoms with E-state index in [1.165, 1.54) is 0 Å². The fourth-order valence-electron chi connectivity index (χ4n) is 0.158. The molecule has 0 radical (unpaired) electrons. The molecule has 0 amide bonds. The van der Waals surface area contributed by atoms with E-state index in [4.69, 9.17) is 5.11 Å². The molecule has 0 bridgehead atoms. The molecule has 0 unspecified atom stereocenters. The summed E-state index contributed by atoms with van der Waals surface area (Å²) in [6, 6.07) is 0. The first-order chi connectivity index (χ1) is 2.41. The summed E-state index contributed by atoms with van der Waals surface area (Å²) >= 11 is 0. The van der Waals surface area contributed by atoms with Crippen LogP contribution >= 0.6 is 0 Å². The standard InChI is InChI=1S/C4H10O.Hf/c1-2-3-4-5;/h5H,2-4H2,1H3;. The maximum atomic E-state index is 8.07. The van der Waals surface area contributed by atoms with Crippen molar-refractivity contribution in [3.05, 3.63) is 0 Å². The minimum absolute atomic E-state index is 0. The number of rotatable bonds is 2. The maximum Gasteiger partial charge on any atom is 0.0430 e. The van der Waals surface area contributed by atoms with Gasteiger partial charge in [0, 0.05) is 32.5 Å². The largest absolute Gasteiger partial charge is 0.396 e. The third-order valence-corrected chi connectivity index (χ3v) is 0.512. The van der Waals surface area contributed by atoms with E-state index in [9.17, 15) is 0 Å². The first-order valence-electron chi connectivity index (χ1n) is 2.02. The number of aliphatic hydroxyl groups excluding tert-OH is 1. The van der Waals surface area contributed by atoms with E-state index >= 15 is 0 Å². The minimum atomic E-state index is 0. The third kappa shape index (κ3) is 8.85. The first kappa shape index (κ1) is 9.95. The van der Waals surface area contributed by atoms with Gasteiger partial charge in [0.05, 0.1) is 0 Å². The number of hydrogen-bond acceptors (Lipinski definition) is 1. The number of unbranched alkanes of at least 4 members (excludes halogenated alkanes) is 1. The first-order valence-corrected chi connectivity index (χ1v) is 2.02. The molecule has 36 valence electrons. The molecule has 0 saturated heterocycles. The fraction of sp³-hybridized carbons (Fsp3) is 1.00. The molecule has 0 aromatic heterocycles. The maximum absolute atomic E-state index is 8.07. The van der Waals surface area contributed by atoms with Gasteiger partial charge in [-0.15, -0.1) is 0 Å². The molecule has 0 saturated carbocycles. The van der Waals surface area contributed by atoms with Crippen molar-refractivity contribution in [3.63, 3.8) is 0 Å². The fourth-order valence-corrected chi connectivity index (χ4v) is 0.158. The Morgan fingerprint density at radius 1 is 1.50 bits per heavy atom. The van der Waals surface area contributed by atoms with Crippen LogP contribution in [0.2, 0.25) is 0 Å². The van der Waals surface area contributed by atoms with E-state index < -0.39 is 0 Å². The zero-order chi connectivity index (χ0) is 4.12. The monoisotopic (exact) mass is 254 g/mol. The van der Waals surface area contributed by atoms with Crippen molar-refractivity contribution in [1.29, 1.82) is 0 Å². The second-order valence-corrected chi connectivity index (χ2v) is 1.08. The second kappa shape index (κ2) is 9.27. The Morgan fingerprint density at radius 3 is 2.00 bits per heavy atom. The molecule has 0 rings (SSSR count). The summed E-state index contributed by atoms with van der Waals surface area (Å²) in [6.07, 6.45) is 2.04. The van der Waals surface area contributed by atoms with E-state index in [-0.39, 0.29) is 25.8 Å². The van der Waals surface area contributed by atoms with Crippen LogP contribution in [0, 0.1) is 0 Å². The van der Waals surface area contributed by atoms with Gasteiger partial charge in [-0.25, -0.2) is 0 Å². The average molecular weight is 253 g/mol. The summed E-state index contributed by atoms with van der Waals surface area (Å²) in [5.41, 5.74) is 0. The van der Waals surface area contributed by atoms with Gasteiger partial charge in [-0.2, -0.15) is 0 Å². The van der Waals surface area contributed by atoms with E-state index in [2.05, 4.69) is 6.92 Å². The molecule has 1 N–H and O–H groups in total. The van der Waals surface area contributed by atoms with Crippen molar-refractivity contribution < 1.29 is 30.9 Å². The van der Waals surface area contributed by atoms with Gasteiger partial charge < -0.3 is 5.11 Å². The second-order valence-electron chi connectivity index (χ2n) is 1.08. The molecule has 0 aliphatic carbocycles. The van der Waals surface area contributed by atoms with Crippen molar-refractivity contribution >= 4 is 0 Å². The summed E-state index contributed by atoms with van der Waals surface area (Å²) in [7, 11) is 0. The van der Waals surface area contributed by atoms with Gasteiger partial charge in [-0.1, -0.05) is 13.3 Å². The Hall–Kier alpha value is 0.830. The molecule has 0 aromatic carbocycles. The van der Waals surface area contributed by atoms with Crippen LogP contribution in [0.1, 0.15) is 19.8 Å². The van der Waals surface area contributed by atoms with Gasteiger partial charge >= 0.3 is 0 Å². The topological polar surface area (TPSA) is 20.2 Å². The Morgan fingerprint density at radius 2 is 2.00 bits per heavy atom. The van der Waals surface area contributed by atoms with Crippen LogP contribution in [-0.2, 0) is 25.8 Å². The molecule has 0 heterocycles. The van der Waals surface area contributed by atoms with E-state index in [1.807, 2.05) is 0 Å². The Balaban J connectivity index is 0. The van der Waals surface area contributed by atoms with Gasteiger partial charge in [0.2, 0.25) is 0 Å². The normalized spacial score (nSPS) is 7.00. The predicted octanol–water partition coefficient (Wildman–Crippen LogP) is 0.776. The summed E-state index contributed by atoms with van der Waals surface area (Å²) < 4.78 is 0. The summed E-state index contributed by atoms with van der Waals surface area (Å²) in [5.74, 6) is 0. The number of aliphatic hydroxyl groups is 1. The molecule has 0 aromatic rings. The smallest absolute Gasteiger partial charge is 0.0430 e. The molecule has 0 fully saturated rings. The molecule has 0 aliphatic rings. The van der Waals surface area contributed by atoms with Gasteiger partial charge in [-0.05, 0) is 6.42 Å². The molecule has 1 nitrogen and oxygen atoms in total. The summed E-state index contributed by atoms with van der Waals surface area (Å²) in [6.45, 7) is 2.40. The molecular weight excluding hydrogens is 243 g/mol. The van der Waals surface area contributed by atoms with Crippen LogP contribution in [0.25, 0.3) is 0 Å². The van der Waals surface area contributed by atoms with Crippen LogP contribution in [-0.4, -0.2) is 11.7 Å². The SMILES string of the molecule is CCCCO.[Hf]. The van der Waals surface area contributed by atoms with Crippen molar-refractivity contribution in [2.24, 2.45) is 0 Å². The van der Waals surface area contributed by atoms with Gasteiger partial charge in [0.25, 0.3) is 0 Å². The molecular formula is C4H10HfO. The molecule has 0 aliphatic heterocycles. The Bertz CT molecular complexity index is 15.0. The minimum Gasteiger partial charge on any atom is -0.396 e. The molecule has 6 heavy (non-hydrogen) atoms. The quantitative estimate of drug-likeness (QED) is 0.720. The van der Waals surface area contributed by atoms with E-state index in [1.54, 1.807) is 0 Å². The van der Waals surface area contributed by atoms with Crippen molar-refractivity contribution in [2.45, 2.75) is 19.8 Å². The van der Waals surface area contributed by atoms with Crippen LogP contribution in [0.4, 0.5) is 0 Å². The summed E-state index contributed by atoms with van der Waals surface area (Å²) in [5, 5.41) is 8.07. The van der Waals surface area contributed by atoms with Crippen LogP contribution in [0.15, 0.2) is 0 Å². The van der Waals surface area contributed by atoms with Crippen molar-refractivity contribution in [2.75, 3.05) is 6.61 Å². The summed E-state index contributed by atoms with van der Waals surface area (Å²) in [4.78, 5) is 0. The molecule has 0 spiro atoms. The molecule has 2 heteroatoms. The van der Waals surface area contributed by atoms with Crippen LogP contribution < -0.4 is 0 Å². The molecule has 0 atom stereocenters. The third-order valence-electron chi connectivity index (χ3n) is 0.512. The Kier molecular flexibility index (Phi) is 15.4. The zero-order valence-corrected chi connectivity index (χ0v) is 7.66. The van der Waals surface area contributed by atoms with E-state index in [0.29, 0.717) is 6.61 Å². The predicted molar refractivity (Wildman–Crippen MR) is 22.0 cm³/mol. The van der Waals surface area contributed by atoms with Crippen LogP contribution in [0.5, 0.6) is 0 Å². The van der Waals surface area contributed by atoms with Gasteiger partial charge in [-0.3, -0.25) is 0 Å².